The molecule has 1 aromatic heterocycles. The molecule has 0 fully saturated rings. The molecule has 0 radical (unpaired) electrons. The second kappa shape index (κ2) is 9.25. The number of benzene rings is 4. The molecule has 35 heavy (non-hydrogen) atoms. The summed E-state index contributed by atoms with van der Waals surface area (Å²) >= 11 is 5.86. The first-order valence-electron chi connectivity index (χ1n) is 10.5. The molecule has 0 bridgehead atoms. The Morgan fingerprint density at radius 2 is 1.60 bits per heavy atom. The van der Waals surface area contributed by atoms with Gasteiger partial charge in [-0.25, -0.2) is 13.4 Å². The molecule has 0 aliphatic carbocycles. The number of hydrogen-bond acceptors (Lipinski definition) is 5. The van der Waals surface area contributed by atoms with E-state index in [9.17, 15) is 13.2 Å². The lowest BCUT2D eigenvalue weighted by Gasteiger charge is -2.13. The highest BCUT2D eigenvalue weighted by molar-refractivity contribution is 7.92. The van der Waals surface area contributed by atoms with Crippen LogP contribution in [-0.4, -0.2) is 19.3 Å². The summed E-state index contributed by atoms with van der Waals surface area (Å²) in [5, 5.41) is 3.24. The summed E-state index contributed by atoms with van der Waals surface area (Å²) in [4.78, 5) is 17.6. The van der Waals surface area contributed by atoms with Crippen LogP contribution in [-0.2, 0) is 10.0 Å². The number of amides is 1. The molecular formula is C26H18ClN3O4S. The van der Waals surface area contributed by atoms with Gasteiger partial charge in [0.25, 0.3) is 15.9 Å². The SMILES string of the molecule is O=C(Nc1cccc(-c2nc3ccccc3o2)c1)c1ccccc1NS(=O)(=O)c1ccc(Cl)cc1. The number of carbonyl (C=O) groups is 1. The van der Waals surface area contributed by atoms with Gasteiger partial charge in [-0.3, -0.25) is 9.52 Å². The summed E-state index contributed by atoms with van der Waals surface area (Å²) in [6.07, 6.45) is 0. The first-order chi connectivity index (χ1) is 16.9. The second-order valence-corrected chi connectivity index (χ2v) is 9.75. The summed E-state index contributed by atoms with van der Waals surface area (Å²) in [6.45, 7) is 0. The van der Waals surface area contributed by atoms with E-state index in [4.69, 9.17) is 16.0 Å². The van der Waals surface area contributed by atoms with Crippen LogP contribution in [0.15, 0.2) is 106 Å². The summed E-state index contributed by atoms with van der Waals surface area (Å²) in [6, 6.07) is 26.6. The molecule has 0 aliphatic rings. The number of halogens is 1. The van der Waals surface area contributed by atoms with Crippen LogP contribution in [0.5, 0.6) is 0 Å². The van der Waals surface area contributed by atoms with Gasteiger partial charge in [0.2, 0.25) is 5.89 Å². The monoisotopic (exact) mass is 503 g/mol. The fourth-order valence-corrected chi connectivity index (χ4v) is 4.72. The Morgan fingerprint density at radius 3 is 2.40 bits per heavy atom. The Kier molecular flexibility index (Phi) is 5.98. The molecule has 7 nitrogen and oxygen atoms in total. The average Bonchev–Trinajstić information content (AvgIpc) is 3.29. The van der Waals surface area contributed by atoms with E-state index >= 15 is 0 Å². The van der Waals surface area contributed by atoms with Crippen LogP contribution in [0.2, 0.25) is 5.02 Å². The topological polar surface area (TPSA) is 101 Å². The van der Waals surface area contributed by atoms with Gasteiger partial charge < -0.3 is 9.73 Å². The molecule has 9 heteroatoms. The van der Waals surface area contributed by atoms with Crippen molar-refractivity contribution in [2.75, 3.05) is 10.0 Å². The molecule has 5 rings (SSSR count). The van der Waals surface area contributed by atoms with Gasteiger partial charge in [-0.15, -0.1) is 0 Å². The van der Waals surface area contributed by atoms with Gasteiger partial charge >= 0.3 is 0 Å². The third-order valence-electron chi connectivity index (χ3n) is 5.20. The van der Waals surface area contributed by atoms with Crippen molar-refractivity contribution in [2.24, 2.45) is 0 Å². The van der Waals surface area contributed by atoms with E-state index in [0.29, 0.717) is 27.7 Å². The number of sulfonamides is 1. The molecule has 1 amide bonds. The Bertz CT molecular complexity index is 1610. The number of aromatic nitrogens is 1. The van der Waals surface area contributed by atoms with Crippen LogP contribution in [0.1, 0.15) is 10.4 Å². The van der Waals surface area contributed by atoms with Crippen molar-refractivity contribution in [3.63, 3.8) is 0 Å². The summed E-state index contributed by atoms with van der Waals surface area (Å²) in [7, 11) is -3.92. The van der Waals surface area contributed by atoms with Crippen LogP contribution in [0.3, 0.4) is 0 Å². The van der Waals surface area contributed by atoms with E-state index in [2.05, 4.69) is 15.0 Å². The number of fused-ring (bicyclic) bond motifs is 1. The van der Waals surface area contributed by atoms with Crippen LogP contribution < -0.4 is 10.0 Å². The zero-order valence-corrected chi connectivity index (χ0v) is 19.7. The molecule has 0 aliphatic heterocycles. The largest absolute Gasteiger partial charge is 0.436 e. The molecule has 174 valence electrons. The molecule has 1 heterocycles. The highest BCUT2D eigenvalue weighted by atomic mass is 35.5. The van der Waals surface area contributed by atoms with E-state index in [0.717, 1.165) is 5.52 Å². The van der Waals surface area contributed by atoms with Crippen molar-refractivity contribution in [3.05, 3.63) is 108 Å². The number of nitrogens with one attached hydrogen (secondary N) is 2. The van der Waals surface area contributed by atoms with Crippen molar-refractivity contribution in [1.29, 1.82) is 0 Å². The van der Waals surface area contributed by atoms with Gasteiger partial charge in [0.1, 0.15) is 5.52 Å². The maximum absolute atomic E-state index is 13.1. The van der Waals surface area contributed by atoms with E-state index in [-0.39, 0.29) is 16.1 Å². The van der Waals surface area contributed by atoms with Gasteiger partial charge in [0.05, 0.1) is 16.1 Å². The predicted octanol–water partition coefficient (Wildman–Crippen LogP) is 6.20. The van der Waals surface area contributed by atoms with Gasteiger partial charge in [0, 0.05) is 16.3 Å². The highest BCUT2D eigenvalue weighted by Gasteiger charge is 2.19. The molecule has 0 saturated carbocycles. The minimum Gasteiger partial charge on any atom is -0.436 e. The number of anilines is 2. The Hall–Kier alpha value is -4.14. The zero-order valence-electron chi connectivity index (χ0n) is 18.1. The standard InChI is InChI=1S/C26H18ClN3O4S/c27-18-12-14-20(15-13-18)35(32,33)30-22-9-2-1-8-21(22)25(31)28-19-7-5-6-17(16-19)26-29-23-10-3-4-11-24(23)34-26/h1-16,30H,(H,28,31). The number of oxazole rings is 1. The Balaban J connectivity index is 1.39. The number of nitrogens with zero attached hydrogens (tertiary/aromatic N) is 1. The van der Waals surface area contributed by atoms with Gasteiger partial charge in [-0.2, -0.15) is 0 Å². The van der Waals surface area contributed by atoms with Gasteiger partial charge in [0.15, 0.2) is 5.58 Å². The first kappa shape index (κ1) is 22.6. The molecule has 5 aromatic rings. The zero-order chi connectivity index (χ0) is 24.4. The second-order valence-electron chi connectivity index (χ2n) is 7.63. The van der Waals surface area contributed by atoms with Gasteiger partial charge in [-0.05, 0) is 66.7 Å². The molecule has 0 unspecified atom stereocenters. The van der Waals surface area contributed by atoms with E-state index in [1.165, 1.54) is 30.3 Å². The number of hydrogen-bond donors (Lipinski definition) is 2. The fraction of sp³-hybridized carbons (Fsp3) is 0. The molecule has 0 saturated heterocycles. The van der Waals surface area contributed by atoms with Crippen LogP contribution >= 0.6 is 11.6 Å². The highest BCUT2D eigenvalue weighted by Crippen LogP contribution is 2.27. The Labute approximate surface area is 206 Å². The first-order valence-corrected chi connectivity index (χ1v) is 12.4. The molecule has 0 atom stereocenters. The van der Waals surface area contributed by atoms with Crippen molar-refractivity contribution in [2.45, 2.75) is 4.90 Å². The van der Waals surface area contributed by atoms with Crippen molar-refractivity contribution in [1.82, 2.24) is 4.98 Å². The number of rotatable bonds is 6. The van der Waals surface area contributed by atoms with Crippen LogP contribution in [0, 0.1) is 0 Å². The molecule has 4 aromatic carbocycles. The van der Waals surface area contributed by atoms with Crippen molar-refractivity contribution >= 4 is 50.0 Å². The summed E-state index contributed by atoms with van der Waals surface area (Å²) in [5.74, 6) is -0.0486. The third kappa shape index (κ3) is 4.89. The fourth-order valence-electron chi connectivity index (χ4n) is 3.51. The summed E-state index contributed by atoms with van der Waals surface area (Å²) < 4.78 is 33.9. The maximum atomic E-state index is 13.1. The lowest BCUT2D eigenvalue weighted by Crippen LogP contribution is -2.18. The van der Waals surface area contributed by atoms with Crippen molar-refractivity contribution in [3.8, 4) is 11.5 Å². The van der Waals surface area contributed by atoms with Crippen molar-refractivity contribution < 1.29 is 17.6 Å². The smallest absolute Gasteiger partial charge is 0.261 e. The lowest BCUT2D eigenvalue weighted by atomic mass is 10.1. The predicted molar refractivity (Wildman–Crippen MR) is 136 cm³/mol. The number of carbonyl (C=O) groups excluding carboxylic acids is 1. The Morgan fingerprint density at radius 1 is 0.857 bits per heavy atom. The maximum Gasteiger partial charge on any atom is 0.261 e. The third-order valence-corrected chi connectivity index (χ3v) is 6.83. The lowest BCUT2D eigenvalue weighted by molar-refractivity contribution is 0.102. The van der Waals surface area contributed by atoms with E-state index in [1.807, 2.05) is 30.3 Å². The van der Waals surface area contributed by atoms with Crippen LogP contribution in [0.4, 0.5) is 11.4 Å². The normalized spacial score (nSPS) is 11.3. The van der Waals surface area contributed by atoms with Gasteiger partial charge in [-0.1, -0.05) is 41.9 Å². The minimum absolute atomic E-state index is 0.0307. The molecular weight excluding hydrogens is 486 g/mol. The molecule has 2 N–H and O–H groups in total. The average molecular weight is 504 g/mol. The summed E-state index contributed by atoms with van der Waals surface area (Å²) in [5.41, 5.74) is 2.91. The van der Waals surface area contributed by atoms with E-state index < -0.39 is 15.9 Å². The molecule has 0 spiro atoms. The van der Waals surface area contributed by atoms with E-state index in [1.54, 1.807) is 36.4 Å². The minimum atomic E-state index is -3.92. The van der Waals surface area contributed by atoms with Crippen LogP contribution in [0.25, 0.3) is 22.6 Å². The quantitative estimate of drug-likeness (QED) is 0.287. The number of para-hydroxylation sites is 3.